The summed E-state index contributed by atoms with van der Waals surface area (Å²) in [6, 6.07) is 5.24. The number of furan rings is 1. The highest BCUT2D eigenvalue weighted by atomic mass is 35.5. The molecule has 0 fully saturated rings. The first-order valence-electron chi connectivity index (χ1n) is 7.26. The van der Waals surface area contributed by atoms with Crippen LogP contribution in [0.5, 0.6) is 11.5 Å². The van der Waals surface area contributed by atoms with Crippen LogP contribution in [0.4, 0.5) is 0 Å². The third-order valence-corrected chi connectivity index (χ3v) is 3.55. The van der Waals surface area contributed by atoms with Crippen molar-refractivity contribution in [3.05, 3.63) is 51.9 Å². The zero-order valence-corrected chi connectivity index (χ0v) is 14.4. The summed E-state index contributed by atoms with van der Waals surface area (Å²) in [5.41, 5.74) is 1.31. The number of hydrogen-bond donors (Lipinski definition) is 0. The molecule has 0 amide bonds. The van der Waals surface area contributed by atoms with Crippen molar-refractivity contribution >= 4 is 23.5 Å². The Morgan fingerprint density at radius 2 is 2.04 bits per heavy atom. The van der Waals surface area contributed by atoms with Crippen LogP contribution in [-0.4, -0.2) is 19.5 Å². The Morgan fingerprint density at radius 3 is 2.61 bits per heavy atom. The van der Waals surface area contributed by atoms with Gasteiger partial charge in [0.05, 0.1) is 24.3 Å². The second kappa shape index (κ2) is 7.38. The second-order valence-electron chi connectivity index (χ2n) is 4.99. The Morgan fingerprint density at radius 1 is 1.30 bits per heavy atom. The molecular formula is C18H19ClO4. The summed E-state index contributed by atoms with van der Waals surface area (Å²) in [5, 5.41) is 0.431. The molecule has 1 aromatic heterocycles. The molecule has 0 radical (unpaired) electrons. The van der Waals surface area contributed by atoms with Crippen LogP contribution in [0.3, 0.4) is 0 Å². The van der Waals surface area contributed by atoms with Crippen molar-refractivity contribution in [2.24, 2.45) is 0 Å². The van der Waals surface area contributed by atoms with Gasteiger partial charge in [-0.15, -0.1) is 0 Å². The fourth-order valence-corrected chi connectivity index (χ4v) is 2.58. The minimum absolute atomic E-state index is 0.121. The van der Waals surface area contributed by atoms with E-state index in [0.29, 0.717) is 40.2 Å². The van der Waals surface area contributed by atoms with E-state index in [9.17, 15) is 4.79 Å². The zero-order chi connectivity index (χ0) is 17.0. The molecule has 23 heavy (non-hydrogen) atoms. The molecule has 122 valence electrons. The molecule has 0 spiro atoms. The Bertz CT molecular complexity index is 744. The number of carbonyl (C=O) groups excluding carboxylic acids is 1. The van der Waals surface area contributed by atoms with Gasteiger partial charge >= 0.3 is 0 Å². The molecule has 0 aliphatic rings. The smallest absolute Gasteiger partial charge is 0.189 e. The number of benzene rings is 1. The van der Waals surface area contributed by atoms with Crippen molar-refractivity contribution in [2.75, 3.05) is 13.7 Å². The maximum Gasteiger partial charge on any atom is 0.189 e. The molecule has 0 unspecified atom stereocenters. The first-order chi connectivity index (χ1) is 11.0. The predicted molar refractivity (Wildman–Crippen MR) is 90.7 cm³/mol. The lowest BCUT2D eigenvalue weighted by molar-refractivity contribution is 0.104. The van der Waals surface area contributed by atoms with Gasteiger partial charge in [-0.2, -0.15) is 0 Å². The third-order valence-electron chi connectivity index (χ3n) is 3.27. The average molecular weight is 335 g/mol. The van der Waals surface area contributed by atoms with E-state index in [2.05, 4.69) is 0 Å². The normalized spacial score (nSPS) is 11.0. The third kappa shape index (κ3) is 3.96. The van der Waals surface area contributed by atoms with Gasteiger partial charge in [0.1, 0.15) is 11.5 Å². The molecule has 0 aliphatic heterocycles. The molecule has 2 aromatic rings. The van der Waals surface area contributed by atoms with Crippen molar-refractivity contribution in [3.8, 4) is 11.5 Å². The van der Waals surface area contributed by atoms with Gasteiger partial charge in [-0.3, -0.25) is 4.79 Å². The fourth-order valence-electron chi connectivity index (χ4n) is 2.28. The van der Waals surface area contributed by atoms with Gasteiger partial charge in [-0.25, -0.2) is 0 Å². The lowest BCUT2D eigenvalue weighted by Crippen LogP contribution is -1.97. The first-order valence-corrected chi connectivity index (χ1v) is 7.63. The largest absolute Gasteiger partial charge is 0.491 e. The summed E-state index contributed by atoms with van der Waals surface area (Å²) in [6.45, 7) is 5.95. The summed E-state index contributed by atoms with van der Waals surface area (Å²) in [5.74, 6) is 2.23. The molecule has 1 aromatic carbocycles. The molecule has 0 atom stereocenters. The van der Waals surface area contributed by atoms with Gasteiger partial charge in [-0.05, 0) is 50.6 Å². The van der Waals surface area contributed by atoms with E-state index in [1.165, 1.54) is 13.2 Å². The van der Waals surface area contributed by atoms with Crippen LogP contribution in [0.2, 0.25) is 5.02 Å². The molecule has 0 aliphatic carbocycles. The quantitative estimate of drug-likeness (QED) is 0.559. The molecule has 0 saturated heterocycles. The Hall–Kier alpha value is -2.20. The van der Waals surface area contributed by atoms with Gasteiger partial charge in [0, 0.05) is 0 Å². The summed E-state index contributed by atoms with van der Waals surface area (Å²) in [6.07, 6.45) is 3.18. The molecule has 0 N–H and O–H groups in total. The van der Waals surface area contributed by atoms with Crippen molar-refractivity contribution in [2.45, 2.75) is 20.8 Å². The number of hydrogen-bond acceptors (Lipinski definition) is 4. The van der Waals surface area contributed by atoms with E-state index in [1.807, 2.05) is 13.8 Å². The standard InChI is InChI=1S/C18H19ClO4/c1-5-22-17-10-13(9-15(19)18(17)21-4)6-7-16(20)14-8-11(2)23-12(14)3/h6-10H,5H2,1-4H3/b7-6+. The van der Waals surface area contributed by atoms with Crippen LogP contribution >= 0.6 is 11.6 Å². The summed E-state index contributed by atoms with van der Waals surface area (Å²) >= 11 is 6.19. The van der Waals surface area contributed by atoms with Crippen molar-refractivity contribution < 1.29 is 18.7 Å². The SMILES string of the molecule is CCOc1cc(/C=C/C(=O)c2cc(C)oc2C)cc(Cl)c1OC. The van der Waals surface area contributed by atoms with E-state index in [0.717, 1.165) is 5.56 Å². The molecule has 0 bridgehead atoms. The Labute approximate surface area is 140 Å². The van der Waals surface area contributed by atoms with Crippen LogP contribution in [0.25, 0.3) is 6.08 Å². The number of aryl methyl sites for hydroxylation is 2. The number of allylic oxidation sites excluding steroid dienone is 1. The van der Waals surface area contributed by atoms with Crippen molar-refractivity contribution in [1.29, 1.82) is 0 Å². The van der Waals surface area contributed by atoms with Crippen LogP contribution < -0.4 is 9.47 Å². The Kier molecular flexibility index (Phi) is 5.50. The van der Waals surface area contributed by atoms with E-state index >= 15 is 0 Å². The summed E-state index contributed by atoms with van der Waals surface area (Å²) < 4.78 is 16.1. The molecular weight excluding hydrogens is 316 g/mol. The highest BCUT2D eigenvalue weighted by molar-refractivity contribution is 6.32. The number of halogens is 1. The van der Waals surface area contributed by atoms with Gasteiger partial charge in [-0.1, -0.05) is 17.7 Å². The van der Waals surface area contributed by atoms with E-state index in [-0.39, 0.29) is 5.78 Å². The van der Waals surface area contributed by atoms with Crippen LogP contribution in [0, 0.1) is 13.8 Å². The number of ketones is 1. The highest BCUT2D eigenvalue weighted by Gasteiger charge is 2.12. The van der Waals surface area contributed by atoms with Crippen LogP contribution in [0.1, 0.15) is 34.4 Å². The first kappa shape index (κ1) is 17.2. The van der Waals surface area contributed by atoms with Crippen LogP contribution in [-0.2, 0) is 0 Å². The molecule has 2 rings (SSSR count). The number of rotatable bonds is 6. The number of methoxy groups -OCH3 is 1. The van der Waals surface area contributed by atoms with Gasteiger partial charge in [0.25, 0.3) is 0 Å². The Balaban J connectivity index is 2.28. The molecule has 5 heteroatoms. The summed E-state index contributed by atoms with van der Waals surface area (Å²) in [7, 11) is 1.53. The topological polar surface area (TPSA) is 48.7 Å². The number of ether oxygens (including phenoxy) is 2. The minimum atomic E-state index is -0.121. The van der Waals surface area contributed by atoms with Gasteiger partial charge in [0.15, 0.2) is 17.3 Å². The minimum Gasteiger partial charge on any atom is -0.491 e. The fraction of sp³-hybridized carbons (Fsp3) is 0.278. The van der Waals surface area contributed by atoms with E-state index < -0.39 is 0 Å². The second-order valence-corrected chi connectivity index (χ2v) is 5.40. The lowest BCUT2D eigenvalue weighted by atomic mass is 10.1. The van der Waals surface area contributed by atoms with Crippen LogP contribution in [0.15, 0.2) is 28.7 Å². The maximum atomic E-state index is 12.2. The monoisotopic (exact) mass is 334 g/mol. The number of carbonyl (C=O) groups is 1. The molecule has 0 saturated carbocycles. The zero-order valence-electron chi connectivity index (χ0n) is 13.6. The predicted octanol–water partition coefficient (Wildman–Crippen LogP) is 4.85. The molecule has 4 nitrogen and oxygen atoms in total. The van der Waals surface area contributed by atoms with Crippen molar-refractivity contribution in [1.82, 2.24) is 0 Å². The summed E-state index contributed by atoms with van der Waals surface area (Å²) in [4.78, 5) is 12.2. The maximum absolute atomic E-state index is 12.2. The van der Waals surface area contributed by atoms with Crippen molar-refractivity contribution in [3.63, 3.8) is 0 Å². The average Bonchev–Trinajstić information content (AvgIpc) is 2.84. The van der Waals surface area contributed by atoms with E-state index in [4.69, 9.17) is 25.5 Å². The highest BCUT2D eigenvalue weighted by Crippen LogP contribution is 2.36. The van der Waals surface area contributed by atoms with Gasteiger partial charge in [0.2, 0.25) is 0 Å². The van der Waals surface area contributed by atoms with Gasteiger partial charge < -0.3 is 13.9 Å². The lowest BCUT2D eigenvalue weighted by Gasteiger charge is -2.11. The van der Waals surface area contributed by atoms with E-state index in [1.54, 1.807) is 31.2 Å². The molecule has 1 heterocycles.